The number of ether oxygens (including phenoxy) is 2. The summed E-state index contributed by atoms with van der Waals surface area (Å²) < 4.78 is 9.53. The highest BCUT2D eigenvalue weighted by Gasteiger charge is 2.22. The Labute approximate surface area is 150 Å². The number of anilines is 1. The van der Waals surface area contributed by atoms with Gasteiger partial charge in [0.05, 0.1) is 25.5 Å². The molecule has 0 aliphatic rings. The van der Waals surface area contributed by atoms with E-state index in [9.17, 15) is 19.5 Å². The molecule has 0 saturated heterocycles. The van der Waals surface area contributed by atoms with Crippen molar-refractivity contribution in [1.29, 1.82) is 0 Å². The predicted molar refractivity (Wildman–Crippen MR) is 95.3 cm³/mol. The number of aromatic hydroxyl groups is 1. The van der Waals surface area contributed by atoms with Crippen molar-refractivity contribution in [1.82, 2.24) is 0 Å². The average molecular weight is 357 g/mol. The standard InChI is InChI=1S/C19H19NO6/c1-10-8-12(9-14(17(10)22)18(23)25-3)13-6-5-7-15(20-11(2)21)16(13)19(24)26-4/h5-9,22H,1-4H3,(H,20,21). The fourth-order valence-corrected chi connectivity index (χ4v) is 2.61. The Kier molecular flexibility index (Phi) is 5.61. The molecule has 0 aromatic heterocycles. The van der Waals surface area contributed by atoms with Crippen LogP contribution in [-0.4, -0.2) is 37.2 Å². The van der Waals surface area contributed by atoms with Gasteiger partial charge in [-0.2, -0.15) is 0 Å². The summed E-state index contributed by atoms with van der Waals surface area (Å²) >= 11 is 0. The summed E-state index contributed by atoms with van der Waals surface area (Å²) in [6, 6.07) is 7.94. The van der Waals surface area contributed by atoms with Crippen LogP contribution in [0.25, 0.3) is 11.1 Å². The smallest absolute Gasteiger partial charge is 0.341 e. The zero-order valence-electron chi connectivity index (χ0n) is 14.9. The van der Waals surface area contributed by atoms with Crippen LogP contribution in [0.4, 0.5) is 5.69 Å². The number of methoxy groups -OCH3 is 2. The third kappa shape index (κ3) is 3.66. The molecule has 26 heavy (non-hydrogen) atoms. The van der Waals surface area contributed by atoms with Crippen molar-refractivity contribution in [3.05, 3.63) is 47.0 Å². The van der Waals surface area contributed by atoms with Gasteiger partial charge >= 0.3 is 11.9 Å². The van der Waals surface area contributed by atoms with Gasteiger partial charge in [0.1, 0.15) is 11.3 Å². The molecule has 7 heteroatoms. The van der Waals surface area contributed by atoms with Gasteiger partial charge in [0, 0.05) is 6.92 Å². The monoisotopic (exact) mass is 357 g/mol. The van der Waals surface area contributed by atoms with E-state index in [0.29, 0.717) is 16.7 Å². The number of esters is 2. The summed E-state index contributed by atoms with van der Waals surface area (Å²) in [6.07, 6.45) is 0. The second-order valence-electron chi connectivity index (χ2n) is 5.58. The summed E-state index contributed by atoms with van der Waals surface area (Å²) in [5.41, 5.74) is 1.77. The van der Waals surface area contributed by atoms with Crippen molar-refractivity contribution in [2.45, 2.75) is 13.8 Å². The normalized spacial score (nSPS) is 10.2. The predicted octanol–water partition coefficient (Wildman–Crippen LogP) is 2.90. The van der Waals surface area contributed by atoms with E-state index in [-0.39, 0.29) is 28.5 Å². The number of hydrogen-bond donors (Lipinski definition) is 2. The molecule has 0 aliphatic heterocycles. The maximum Gasteiger partial charge on any atom is 0.341 e. The first-order valence-corrected chi connectivity index (χ1v) is 7.71. The lowest BCUT2D eigenvalue weighted by Gasteiger charge is -2.15. The van der Waals surface area contributed by atoms with E-state index in [1.54, 1.807) is 31.2 Å². The lowest BCUT2D eigenvalue weighted by Crippen LogP contribution is -2.13. The SMILES string of the molecule is COC(=O)c1cc(-c2cccc(NC(C)=O)c2C(=O)OC)cc(C)c1O. The summed E-state index contributed by atoms with van der Waals surface area (Å²) in [5, 5.41) is 12.7. The van der Waals surface area contributed by atoms with Crippen molar-refractivity contribution in [2.75, 3.05) is 19.5 Å². The van der Waals surface area contributed by atoms with E-state index in [4.69, 9.17) is 9.47 Å². The maximum atomic E-state index is 12.3. The first-order chi connectivity index (χ1) is 12.3. The lowest BCUT2D eigenvalue weighted by atomic mass is 9.94. The van der Waals surface area contributed by atoms with Crippen molar-refractivity contribution >= 4 is 23.5 Å². The third-order valence-corrected chi connectivity index (χ3v) is 3.78. The second-order valence-corrected chi connectivity index (χ2v) is 5.58. The molecule has 0 bridgehead atoms. The number of phenols is 1. The largest absolute Gasteiger partial charge is 0.507 e. The average Bonchev–Trinajstić information content (AvgIpc) is 2.61. The molecule has 0 atom stereocenters. The summed E-state index contributed by atoms with van der Waals surface area (Å²) in [4.78, 5) is 35.7. The van der Waals surface area contributed by atoms with Crippen molar-refractivity contribution in [3.63, 3.8) is 0 Å². The molecule has 136 valence electrons. The molecular formula is C19H19NO6. The minimum atomic E-state index is -0.704. The molecule has 2 aromatic carbocycles. The fraction of sp³-hybridized carbons (Fsp3) is 0.211. The number of carbonyl (C=O) groups excluding carboxylic acids is 3. The van der Waals surface area contributed by atoms with Crippen LogP contribution >= 0.6 is 0 Å². The highest BCUT2D eigenvalue weighted by Crippen LogP contribution is 2.34. The van der Waals surface area contributed by atoms with Crippen LogP contribution in [0.5, 0.6) is 5.75 Å². The van der Waals surface area contributed by atoms with E-state index in [2.05, 4.69) is 5.32 Å². The summed E-state index contributed by atoms with van der Waals surface area (Å²) in [7, 11) is 2.44. The number of nitrogens with one attached hydrogen (secondary N) is 1. The Balaban J connectivity index is 2.76. The highest BCUT2D eigenvalue weighted by atomic mass is 16.5. The molecular weight excluding hydrogens is 338 g/mol. The Morgan fingerprint density at radius 2 is 1.69 bits per heavy atom. The van der Waals surface area contributed by atoms with Crippen LogP contribution in [0.15, 0.2) is 30.3 Å². The van der Waals surface area contributed by atoms with E-state index in [1.165, 1.54) is 27.2 Å². The molecule has 0 fully saturated rings. The Bertz CT molecular complexity index is 888. The number of carbonyl (C=O) groups is 3. The molecule has 0 spiro atoms. The second kappa shape index (κ2) is 7.69. The highest BCUT2D eigenvalue weighted by molar-refractivity contribution is 6.06. The van der Waals surface area contributed by atoms with E-state index >= 15 is 0 Å². The number of amides is 1. The van der Waals surface area contributed by atoms with Gasteiger partial charge < -0.3 is 19.9 Å². The fourth-order valence-electron chi connectivity index (χ4n) is 2.61. The van der Waals surface area contributed by atoms with Gasteiger partial charge in [-0.25, -0.2) is 9.59 Å². The quantitative estimate of drug-likeness (QED) is 0.816. The maximum absolute atomic E-state index is 12.3. The molecule has 0 unspecified atom stereocenters. The van der Waals surface area contributed by atoms with Crippen molar-refractivity contribution in [2.24, 2.45) is 0 Å². The van der Waals surface area contributed by atoms with Gasteiger partial charge in [0.15, 0.2) is 0 Å². The molecule has 7 nitrogen and oxygen atoms in total. The Morgan fingerprint density at radius 3 is 2.27 bits per heavy atom. The van der Waals surface area contributed by atoms with Gasteiger partial charge in [-0.15, -0.1) is 0 Å². The van der Waals surface area contributed by atoms with Crippen LogP contribution in [0.1, 0.15) is 33.2 Å². The van der Waals surface area contributed by atoms with Crippen LogP contribution in [-0.2, 0) is 14.3 Å². The molecule has 0 saturated carbocycles. The van der Waals surface area contributed by atoms with E-state index < -0.39 is 11.9 Å². The molecule has 0 radical (unpaired) electrons. The molecule has 0 heterocycles. The van der Waals surface area contributed by atoms with Crippen LogP contribution < -0.4 is 5.32 Å². The molecule has 2 aromatic rings. The summed E-state index contributed by atoms with van der Waals surface area (Å²) in [5.74, 6) is -1.89. The van der Waals surface area contributed by atoms with Crippen LogP contribution in [0.3, 0.4) is 0 Å². The molecule has 2 N–H and O–H groups in total. The summed E-state index contributed by atoms with van der Waals surface area (Å²) in [6.45, 7) is 2.95. The number of hydrogen-bond acceptors (Lipinski definition) is 6. The van der Waals surface area contributed by atoms with Gasteiger partial charge in [-0.3, -0.25) is 4.79 Å². The van der Waals surface area contributed by atoms with E-state index in [0.717, 1.165) is 0 Å². The number of benzene rings is 2. The van der Waals surface area contributed by atoms with Gasteiger partial charge in [-0.1, -0.05) is 12.1 Å². The number of aryl methyl sites for hydroxylation is 1. The van der Waals surface area contributed by atoms with Crippen molar-refractivity contribution in [3.8, 4) is 16.9 Å². The first kappa shape index (κ1) is 19.0. The minimum Gasteiger partial charge on any atom is -0.507 e. The zero-order valence-corrected chi connectivity index (χ0v) is 14.9. The number of phenolic OH excluding ortho intramolecular Hbond substituents is 1. The first-order valence-electron chi connectivity index (χ1n) is 7.71. The topological polar surface area (TPSA) is 102 Å². The number of rotatable bonds is 4. The van der Waals surface area contributed by atoms with Gasteiger partial charge in [-0.05, 0) is 41.8 Å². The van der Waals surface area contributed by atoms with Crippen LogP contribution in [0.2, 0.25) is 0 Å². The van der Waals surface area contributed by atoms with Gasteiger partial charge in [0.25, 0.3) is 0 Å². The minimum absolute atomic E-state index is 0.0248. The molecule has 2 rings (SSSR count). The Morgan fingerprint density at radius 1 is 1.04 bits per heavy atom. The van der Waals surface area contributed by atoms with Crippen LogP contribution in [0, 0.1) is 6.92 Å². The van der Waals surface area contributed by atoms with Gasteiger partial charge in [0.2, 0.25) is 5.91 Å². The van der Waals surface area contributed by atoms with E-state index in [1.807, 2.05) is 0 Å². The lowest BCUT2D eigenvalue weighted by molar-refractivity contribution is -0.114. The zero-order chi connectivity index (χ0) is 19.4. The van der Waals surface area contributed by atoms with Crippen molar-refractivity contribution < 1.29 is 29.0 Å². The third-order valence-electron chi connectivity index (χ3n) is 3.78. The molecule has 1 amide bonds. The Hall–Kier alpha value is -3.35. The molecule has 0 aliphatic carbocycles.